The molecule has 0 spiro atoms. The van der Waals surface area contributed by atoms with Gasteiger partial charge in [0, 0.05) is 12.1 Å². The van der Waals surface area contributed by atoms with Crippen LogP contribution < -0.4 is 15.2 Å². The lowest BCUT2D eigenvalue weighted by Gasteiger charge is -2.09. The highest BCUT2D eigenvalue weighted by molar-refractivity contribution is 5.36. The van der Waals surface area contributed by atoms with Gasteiger partial charge in [0.15, 0.2) is 0 Å². The van der Waals surface area contributed by atoms with E-state index in [4.69, 9.17) is 15.2 Å². The van der Waals surface area contributed by atoms with Gasteiger partial charge in [-0.1, -0.05) is 0 Å². The number of hydrogen-bond donors (Lipinski definition) is 1. The molecule has 0 aliphatic heterocycles. The Kier molecular flexibility index (Phi) is 4.30. The number of nitrogens with zero attached hydrogens (tertiary/aromatic N) is 1. The highest BCUT2D eigenvalue weighted by Crippen LogP contribution is 2.25. The Hall–Kier alpha value is -2.14. The van der Waals surface area contributed by atoms with Crippen LogP contribution in [0, 0.1) is 5.82 Å². The minimum atomic E-state index is -0.431. The molecule has 19 heavy (non-hydrogen) atoms. The van der Waals surface area contributed by atoms with Crippen molar-refractivity contribution >= 4 is 0 Å². The SMILES string of the molecule is CCOc1ccc(Oc2ncc(F)cc2CN)cc1. The van der Waals surface area contributed by atoms with Gasteiger partial charge in [-0.25, -0.2) is 9.37 Å². The maximum Gasteiger partial charge on any atom is 0.223 e. The van der Waals surface area contributed by atoms with Crippen molar-refractivity contribution in [2.45, 2.75) is 13.5 Å². The van der Waals surface area contributed by atoms with Crippen LogP contribution in [-0.4, -0.2) is 11.6 Å². The minimum Gasteiger partial charge on any atom is -0.494 e. The quantitative estimate of drug-likeness (QED) is 0.900. The third kappa shape index (κ3) is 3.42. The van der Waals surface area contributed by atoms with Crippen molar-refractivity contribution in [1.82, 2.24) is 4.98 Å². The molecular formula is C14H15FN2O2. The fourth-order valence-electron chi connectivity index (χ4n) is 1.59. The standard InChI is InChI=1S/C14H15FN2O2/c1-2-18-12-3-5-13(6-4-12)19-14-10(8-16)7-11(15)9-17-14/h3-7,9H,2,8,16H2,1H3. The van der Waals surface area contributed by atoms with Crippen LogP contribution in [-0.2, 0) is 6.54 Å². The Morgan fingerprint density at radius 1 is 1.21 bits per heavy atom. The maximum atomic E-state index is 13.0. The van der Waals surface area contributed by atoms with Crippen LogP contribution in [0.2, 0.25) is 0 Å². The molecule has 0 radical (unpaired) electrons. The molecular weight excluding hydrogens is 247 g/mol. The predicted octanol–water partition coefficient (Wildman–Crippen LogP) is 2.87. The van der Waals surface area contributed by atoms with Crippen molar-refractivity contribution in [2.75, 3.05) is 6.61 Å². The second-order valence-electron chi connectivity index (χ2n) is 3.83. The molecule has 0 saturated heterocycles. The van der Waals surface area contributed by atoms with Crippen molar-refractivity contribution < 1.29 is 13.9 Å². The third-order valence-electron chi connectivity index (χ3n) is 2.46. The van der Waals surface area contributed by atoms with Crippen molar-refractivity contribution in [3.05, 3.63) is 47.9 Å². The van der Waals surface area contributed by atoms with Gasteiger partial charge < -0.3 is 15.2 Å². The van der Waals surface area contributed by atoms with Crippen LogP contribution in [0.3, 0.4) is 0 Å². The van der Waals surface area contributed by atoms with Crippen molar-refractivity contribution in [3.63, 3.8) is 0 Å². The van der Waals surface area contributed by atoms with Gasteiger partial charge in [0.1, 0.15) is 17.3 Å². The molecule has 4 nitrogen and oxygen atoms in total. The lowest BCUT2D eigenvalue weighted by atomic mass is 10.2. The van der Waals surface area contributed by atoms with Crippen molar-refractivity contribution in [3.8, 4) is 17.4 Å². The molecule has 0 saturated carbocycles. The number of benzene rings is 1. The van der Waals surface area contributed by atoms with E-state index < -0.39 is 5.82 Å². The van der Waals surface area contributed by atoms with E-state index in [1.807, 2.05) is 6.92 Å². The Bertz CT molecular complexity index is 544. The summed E-state index contributed by atoms with van der Waals surface area (Å²) in [6.45, 7) is 2.69. The van der Waals surface area contributed by atoms with E-state index in [0.29, 0.717) is 23.8 Å². The summed E-state index contributed by atoms with van der Waals surface area (Å²) in [5.41, 5.74) is 6.05. The molecule has 2 aromatic rings. The molecule has 1 aromatic heterocycles. The number of ether oxygens (including phenoxy) is 2. The number of rotatable bonds is 5. The van der Waals surface area contributed by atoms with Gasteiger partial charge in [0.05, 0.1) is 12.8 Å². The third-order valence-corrected chi connectivity index (χ3v) is 2.46. The van der Waals surface area contributed by atoms with Crippen molar-refractivity contribution in [1.29, 1.82) is 0 Å². The molecule has 1 heterocycles. The molecule has 100 valence electrons. The summed E-state index contributed by atoms with van der Waals surface area (Å²) >= 11 is 0. The zero-order chi connectivity index (χ0) is 13.7. The monoisotopic (exact) mass is 262 g/mol. The van der Waals surface area contributed by atoms with Gasteiger partial charge in [-0.05, 0) is 37.3 Å². The molecule has 0 fully saturated rings. The van der Waals surface area contributed by atoms with E-state index in [9.17, 15) is 4.39 Å². The van der Waals surface area contributed by atoms with E-state index in [-0.39, 0.29) is 6.54 Å². The Balaban J connectivity index is 2.16. The normalized spacial score (nSPS) is 10.3. The summed E-state index contributed by atoms with van der Waals surface area (Å²) in [6.07, 6.45) is 1.10. The largest absolute Gasteiger partial charge is 0.494 e. The number of pyridine rings is 1. The Morgan fingerprint density at radius 2 is 1.89 bits per heavy atom. The minimum absolute atomic E-state index is 0.164. The molecule has 0 amide bonds. The van der Waals surface area contributed by atoms with Crippen LogP contribution in [0.15, 0.2) is 36.5 Å². The molecule has 0 aliphatic rings. The summed E-state index contributed by atoms with van der Waals surface area (Å²) in [7, 11) is 0. The predicted molar refractivity (Wildman–Crippen MR) is 69.8 cm³/mol. The second-order valence-corrected chi connectivity index (χ2v) is 3.83. The zero-order valence-corrected chi connectivity index (χ0v) is 10.6. The molecule has 2 N–H and O–H groups in total. The summed E-state index contributed by atoms with van der Waals surface area (Å²) in [5, 5.41) is 0. The van der Waals surface area contributed by atoms with Gasteiger partial charge in [-0.3, -0.25) is 0 Å². The van der Waals surface area contributed by atoms with Crippen LogP contribution in [0.25, 0.3) is 0 Å². The molecule has 0 bridgehead atoms. The van der Waals surface area contributed by atoms with E-state index in [1.165, 1.54) is 6.07 Å². The molecule has 0 aliphatic carbocycles. The summed E-state index contributed by atoms with van der Waals surface area (Å²) in [4.78, 5) is 3.89. The van der Waals surface area contributed by atoms with Crippen LogP contribution in [0.4, 0.5) is 4.39 Å². The van der Waals surface area contributed by atoms with E-state index in [0.717, 1.165) is 11.9 Å². The fraction of sp³-hybridized carbons (Fsp3) is 0.214. The molecule has 2 rings (SSSR count). The van der Waals surface area contributed by atoms with Gasteiger partial charge in [0.25, 0.3) is 0 Å². The fourth-order valence-corrected chi connectivity index (χ4v) is 1.59. The lowest BCUT2D eigenvalue weighted by molar-refractivity contribution is 0.339. The first kappa shape index (κ1) is 13.3. The van der Waals surface area contributed by atoms with Gasteiger partial charge >= 0.3 is 0 Å². The van der Waals surface area contributed by atoms with Gasteiger partial charge in [-0.2, -0.15) is 0 Å². The summed E-state index contributed by atoms with van der Waals surface area (Å²) in [5.74, 6) is 1.24. The van der Waals surface area contributed by atoms with E-state index in [2.05, 4.69) is 4.98 Å². The van der Waals surface area contributed by atoms with Gasteiger partial charge in [0.2, 0.25) is 5.88 Å². The number of nitrogens with two attached hydrogens (primary N) is 1. The van der Waals surface area contributed by atoms with Crippen LogP contribution >= 0.6 is 0 Å². The average Bonchev–Trinajstić information content (AvgIpc) is 2.43. The highest BCUT2D eigenvalue weighted by Gasteiger charge is 2.07. The summed E-state index contributed by atoms with van der Waals surface area (Å²) < 4.78 is 23.9. The number of aromatic nitrogens is 1. The first-order chi connectivity index (χ1) is 9.22. The lowest BCUT2D eigenvalue weighted by Crippen LogP contribution is -2.02. The number of halogens is 1. The zero-order valence-electron chi connectivity index (χ0n) is 10.6. The number of hydrogen-bond acceptors (Lipinski definition) is 4. The summed E-state index contributed by atoms with van der Waals surface area (Å²) in [6, 6.07) is 8.43. The first-order valence-electron chi connectivity index (χ1n) is 5.98. The van der Waals surface area contributed by atoms with E-state index in [1.54, 1.807) is 24.3 Å². The first-order valence-corrected chi connectivity index (χ1v) is 5.98. The molecule has 0 atom stereocenters. The van der Waals surface area contributed by atoms with E-state index >= 15 is 0 Å². The topological polar surface area (TPSA) is 57.4 Å². The molecule has 5 heteroatoms. The van der Waals surface area contributed by atoms with Crippen LogP contribution in [0.1, 0.15) is 12.5 Å². The van der Waals surface area contributed by atoms with Gasteiger partial charge in [-0.15, -0.1) is 0 Å². The Labute approximate surface area is 111 Å². The Morgan fingerprint density at radius 3 is 2.53 bits per heavy atom. The smallest absolute Gasteiger partial charge is 0.223 e. The maximum absolute atomic E-state index is 13.0. The molecule has 0 unspecified atom stereocenters. The van der Waals surface area contributed by atoms with Crippen molar-refractivity contribution in [2.24, 2.45) is 5.73 Å². The molecule has 1 aromatic carbocycles. The highest BCUT2D eigenvalue weighted by atomic mass is 19.1. The average molecular weight is 262 g/mol. The second kappa shape index (κ2) is 6.15. The van der Waals surface area contributed by atoms with Crippen LogP contribution in [0.5, 0.6) is 17.4 Å².